The number of hydrogen-bond donors (Lipinski definition) is 1. The second kappa shape index (κ2) is 11.4. The molecule has 198 valence electrons. The smallest absolute Gasteiger partial charge is 0.278 e. The van der Waals surface area contributed by atoms with Gasteiger partial charge in [0, 0.05) is 43.4 Å². The van der Waals surface area contributed by atoms with Crippen LogP contribution >= 0.6 is 11.3 Å². The van der Waals surface area contributed by atoms with Gasteiger partial charge in [-0.15, -0.1) is 11.3 Å². The van der Waals surface area contributed by atoms with Gasteiger partial charge in [-0.25, -0.2) is 9.97 Å². The molecule has 0 unspecified atom stereocenters. The first kappa shape index (κ1) is 27.4. The van der Waals surface area contributed by atoms with Crippen LogP contribution in [0, 0.1) is 0 Å². The summed E-state index contributed by atoms with van der Waals surface area (Å²) in [5.41, 5.74) is 4.15. The number of ether oxygens (including phenoxy) is 1. The number of carbonyl (C=O) groups is 1. The van der Waals surface area contributed by atoms with Crippen LogP contribution in [-0.2, 0) is 15.8 Å². The number of hydrogen-bond acceptors (Lipinski definition) is 7. The van der Waals surface area contributed by atoms with Crippen LogP contribution in [0.5, 0.6) is 0 Å². The summed E-state index contributed by atoms with van der Waals surface area (Å²) in [5.74, 6) is -0.249. The molecule has 7 nitrogen and oxygen atoms in total. The van der Waals surface area contributed by atoms with Crippen molar-refractivity contribution >= 4 is 36.4 Å². The molecule has 1 aromatic carbocycles. The van der Waals surface area contributed by atoms with Crippen molar-refractivity contribution in [2.45, 2.75) is 64.5 Å². The maximum Gasteiger partial charge on any atom is 0.278 e. The number of anilines is 2. The number of nitrogens with one attached hydrogen (secondary N) is 1. The van der Waals surface area contributed by atoms with Crippen molar-refractivity contribution in [2.24, 2.45) is 0 Å². The second-order valence-electron chi connectivity index (χ2n) is 11.0. The van der Waals surface area contributed by atoms with Gasteiger partial charge in [0.05, 0.1) is 18.0 Å². The van der Waals surface area contributed by atoms with Gasteiger partial charge >= 0.3 is 0 Å². The molecule has 3 heterocycles. The quantitative estimate of drug-likeness (QED) is 0.326. The molecule has 2 aromatic heterocycles. The fourth-order valence-corrected chi connectivity index (χ4v) is 6.43. The van der Waals surface area contributed by atoms with Crippen molar-refractivity contribution in [1.82, 2.24) is 9.97 Å². The average Bonchev–Trinajstić information content (AvgIpc) is 3.32. The number of piperidine rings is 1. The molecular weight excluding hydrogens is 500 g/mol. The predicted molar refractivity (Wildman–Crippen MR) is 154 cm³/mol. The summed E-state index contributed by atoms with van der Waals surface area (Å²) in [4.78, 5) is 24.7. The van der Waals surface area contributed by atoms with Crippen molar-refractivity contribution in [3.8, 4) is 11.3 Å². The number of rotatable bonds is 8. The van der Waals surface area contributed by atoms with E-state index in [-0.39, 0.29) is 17.0 Å². The monoisotopic (exact) mass is 538 g/mol. The highest BCUT2D eigenvalue weighted by molar-refractivity contribution is 7.14. The number of nitrogens with zero attached hydrogens (tertiary/aromatic N) is 3. The molecule has 0 bridgehead atoms. The highest BCUT2D eigenvalue weighted by Crippen LogP contribution is 2.39. The van der Waals surface area contributed by atoms with E-state index in [4.69, 9.17) is 9.16 Å². The third kappa shape index (κ3) is 6.46. The highest BCUT2D eigenvalue weighted by Gasteiger charge is 2.39. The van der Waals surface area contributed by atoms with Gasteiger partial charge in [0.1, 0.15) is 0 Å². The van der Waals surface area contributed by atoms with Crippen molar-refractivity contribution < 1.29 is 14.0 Å². The number of benzene rings is 1. The standard InChI is InChI=1S/C28H38N4O3SSi/c1-28(2,3)37(5,6)35-21-13-16-32(17-14-21)24-12-9-15-29-25(24)26(33)31-27-30-23(19-36-27)22-11-8-7-10-20(22)18-34-4/h7-12,15,19,21H,13-14,16-18H2,1-6H3,(H,30,31,33). The molecule has 1 aliphatic rings. The summed E-state index contributed by atoms with van der Waals surface area (Å²) < 4.78 is 12.0. The maximum atomic E-state index is 13.3. The zero-order valence-corrected chi connectivity index (χ0v) is 24.5. The minimum absolute atomic E-state index is 0.195. The van der Waals surface area contributed by atoms with E-state index in [9.17, 15) is 4.79 Å². The Kier molecular flexibility index (Phi) is 8.48. The van der Waals surface area contributed by atoms with Gasteiger partial charge in [-0.3, -0.25) is 10.1 Å². The van der Waals surface area contributed by atoms with E-state index < -0.39 is 8.32 Å². The first-order valence-corrected chi connectivity index (χ1v) is 16.6. The van der Waals surface area contributed by atoms with E-state index in [1.165, 1.54) is 11.3 Å². The Hall–Kier alpha value is -2.59. The van der Waals surface area contributed by atoms with Crippen LogP contribution in [0.25, 0.3) is 11.3 Å². The number of methoxy groups -OCH3 is 1. The van der Waals surface area contributed by atoms with Gasteiger partial charge in [0.2, 0.25) is 0 Å². The third-order valence-electron chi connectivity index (χ3n) is 7.37. The summed E-state index contributed by atoms with van der Waals surface area (Å²) in [7, 11) is -0.126. The van der Waals surface area contributed by atoms with E-state index in [1.807, 2.05) is 41.8 Å². The van der Waals surface area contributed by atoms with Crippen molar-refractivity contribution in [2.75, 3.05) is 30.4 Å². The van der Waals surface area contributed by atoms with E-state index in [0.717, 1.165) is 48.4 Å². The number of pyridine rings is 1. The molecule has 1 saturated heterocycles. The van der Waals surface area contributed by atoms with Crippen molar-refractivity contribution in [3.63, 3.8) is 0 Å². The number of aromatic nitrogens is 2. The minimum Gasteiger partial charge on any atom is -0.414 e. The van der Waals surface area contributed by atoms with E-state index in [2.05, 4.69) is 54.0 Å². The van der Waals surface area contributed by atoms with E-state index in [1.54, 1.807) is 13.3 Å². The SMILES string of the molecule is COCc1ccccc1-c1csc(NC(=O)c2ncccc2N2CCC(O[Si](C)(C)C(C)(C)C)CC2)n1. The fraction of sp³-hybridized carbons (Fsp3) is 0.464. The normalized spacial score (nSPS) is 15.1. The fourth-order valence-electron chi connectivity index (χ4n) is 4.30. The Bertz CT molecular complexity index is 1220. The number of carbonyl (C=O) groups excluding carboxylic acids is 1. The summed E-state index contributed by atoms with van der Waals surface area (Å²) in [6, 6.07) is 11.9. The first-order valence-electron chi connectivity index (χ1n) is 12.8. The van der Waals surface area contributed by atoms with Crippen LogP contribution < -0.4 is 10.2 Å². The van der Waals surface area contributed by atoms with Gasteiger partial charge < -0.3 is 14.1 Å². The van der Waals surface area contributed by atoms with Crippen molar-refractivity contribution in [1.29, 1.82) is 0 Å². The van der Waals surface area contributed by atoms with Crippen LogP contribution in [0.15, 0.2) is 48.0 Å². The van der Waals surface area contributed by atoms with E-state index >= 15 is 0 Å². The maximum absolute atomic E-state index is 13.3. The third-order valence-corrected chi connectivity index (χ3v) is 12.7. The summed E-state index contributed by atoms with van der Waals surface area (Å²) >= 11 is 1.41. The topological polar surface area (TPSA) is 76.6 Å². The van der Waals surface area contributed by atoms with Crippen LogP contribution in [0.2, 0.25) is 18.1 Å². The zero-order chi connectivity index (χ0) is 26.6. The van der Waals surface area contributed by atoms with Crippen LogP contribution in [-0.4, -0.2) is 50.5 Å². The molecule has 1 aliphatic heterocycles. The molecule has 3 aromatic rings. The first-order chi connectivity index (χ1) is 17.6. The number of thiazole rings is 1. The molecule has 0 atom stereocenters. The molecule has 0 aliphatic carbocycles. The molecule has 0 radical (unpaired) electrons. The van der Waals surface area contributed by atoms with E-state index in [0.29, 0.717) is 17.4 Å². The van der Waals surface area contributed by atoms with Gasteiger partial charge in [-0.05, 0) is 48.7 Å². The lowest BCUT2D eigenvalue weighted by Gasteiger charge is -2.42. The Morgan fingerprint density at radius 2 is 1.89 bits per heavy atom. The highest BCUT2D eigenvalue weighted by atomic mass is 32.1. The average molecular weight is 539 g/mol. The van der Waals surface area contributed by atoms with Gasteiger partial charge in [-0.2, -0.15) is 0 Å². The Morgan fingerprint density at radius 1 is 1.16 bits per heavy atom. The largest absolute Gasteiger partial charge is 0.414 e. The van der Waals surface area contributed by atoms with Gasteiger partial charge in [-0.1, -0.05) is 45.0 Å². The van der Waals surface area contributed by atoms with Crippen LogP contribution in [0.4, 0.5) is 10.8 Å². The predicted octanol–water partition coefficient (Wildman–Crippen LogP) is 6.59. The zero-order valence-electron chi connectivity index (χ0n) is 22.7. The minimum atomic E-state index is -1.80. The van der Waals surface area contributed by atoms with Crippen LogP contribution in [0.3, 0.4) is 0 Å². The van der Waals surface area contributed by atoms with Gasteiger partial charge in [0.15, 0.2) is 19.1 Å². The Labute approximate surface area is 225 Å². The molecule has 9 heteroatoms. The lowest BCUT2D eigenvalue weighted by molar-refractivity contribution is 0.102. The molecule has 1 fully saturated rings. The molecular formula is C28H38N4O3SSi. The molecule has 4 rings (SSSR count). The number of amides is 1. The second-order valence-corrected chi connectivity index (χ2v) is 16.6. The van der Waals surface area contributed by atoms with Gasteiger partial charge in [0.25, 0.3) is 5.91 Å². The van der Waals surface area contributed by atoms with Crippen molar-refractivity contribution in [3.05, 3.63) is 59.2 Å². The molecule has 37 heavy (non-hydrogen) atoms. The summed E-state index contributed by atoms with van der Waals surface area (Å²) in [6.45, 7) is 13.6. The van der Waals surface area contributed by atoms with Crippen LogP contribution in [0.1, 0.15) is 49.7 Å². The molecule has 0 spiro atoms. The Balaban J connectivity index is 1.43. The lowest BCUT2D eigenvalue weighted by atomic mass is 10.1. The lowest BCUT2D eigenvalue weighted by Crippen LogP contribution is -2.47. The molecule has 0 saturated carbocycles. The molecule has 1 amide bonds. The summed E-state index contributed by atoms with van der Waals surface area (Å²) in [5, 5.41) is 5.66. The summed E-state index contributed by atoms with van der Waals surface area (Å²) in [6.07, 6.45) is 3.82. The Morgan fingerprint density at radius 3 is 2.59 bits per heavy atom. The molecule has 1 N–H and O–H groups in total.